The van der Waals surface area contributed by atoms with Gasteiger partial charge in [0, 0.05) is 25.6 Å². The number of methoxy groups -OCH3 is 1. The van der Waals surface area contributed by atoms with Crippen molar-refractivity contribution in [2.75, 3.05) is 20.2 Å². The Hall–Kier alpha value is -2.57. The van der Waals surface area contributed by atoms with Crippen molar-refractivity contribution in [3.8, 4) is 5.75 Å². The summed E-state index contributed by atoms with van der Waals surface area (Å²) in [5.74, 6) is 2.57. The molecule has 0 bridgehead atoms. The van der Waals surface area contributed by atoms with Gasteiger partial charge in [0.05, 0.1) is 7.11 Å². The quantitative estimate of drug-likeness (QED) is 0.567. The number of ether oxygens (including phenoxy) is 1. The van der Waals surface area contributed by atoms with Crippen molar-refractivity contribution in [1.29, 1.82) is 0 Å². The Morgan fingerprint density at radius 3 is 2.54 bits per heavy atom. The van der Waals surface area contributed by atoms with Crippen LogP contribution in [-0.4, -0.2) is 40.9 Å². The second kappa shape index (κ2) is 9.57. The molecule has 0 saturated heterocycles. The molecule has 1 fully saturated rings. The first-order valence-corrected chi connectivity index (χ1v) is 10.2. The number of hydrogen-bond donors (Lipinski definition) is 2. The molecule has 1 aromatic heterocycles. The number of rotatable bonds is 7. The zero-order valence-corrected chi connectivity index (χ0v) is 17.2. The number of hydrogen-bond acceptors (Lipinski definition) is 4. The summed E-state index contributed by atoms with van der Waals surface area (Å²) in [4.78, 5) is 8.96. The second-order valence-corrected chi connectivity index (χ2v) is 7.42. The molecule has 1 aliphatic rings. The molecule has 1 heterocycles. The predicted octanol–water partition coefficient (Wildman–Crippen LogP) is 2.78. The Morgan fingerprint density at radius 2 is 1.93 bits per heavy atom. The third kappa shape index (κ3) is 4.82. The van der Waals surface area contributed by atoms with Crippen LogP contribution in [0.25, 0.3) is 0 Å². The fourth-order valence-corrected chi connectivity index (χ4v) is 3.95. The van der Waals surface area contributed by atoms with Gasteiger partial charge in [-0.3, -0.25) is 4.68 Å². The zero-order chi connectivity index (χ0) is 19.8. The molecule has 0 amide bonds. The van der Waals surface area contributed by atoms with Crippen molar-refractivity contribution in [2.24, 2.45) is 12.0 Å². The molecular weight excluding hydrogens is 352 g/mol. The number of aliphatic imine (C=N–C) groups is 1. The average Bonchev–Trinajstić information content (AvgIpc) is 3.15. The van der Waals surface area contributed by atoms with Gasteiger partial charge in [-0.1, -0.05) is 31.4 Å². The van der Waals surface area contributed by atoms with Crippen LogP contribution in [0.15, 0.2) is 35.6 Å². The number of aryl methyl sites for hydroxylation is 1. The van der Waals surface area contributed by atoms with Crippen LogP contribution in [0.4, 0.5) is 0 Å². The summed E-state index contributed by atoms with van der Waals surface area (Å²) in [5.41, 5.74) is 1.51. The number of nitrogens with zero attached hydrogens (tertiary/aromatic N) is 4. The molecule has 0 radical (unpaired) electrons. The van der Waals surface area contributed by atoms with Gasteiger partial charge in [0.1, 0.15) is 24.4 Å². The largest absolute Gasteiger partial charge is 0.497 e. The fourth-order valence-electron chi connectivity index (χ4n) is 3.95. The molecule has 0 spiro atoms. The van der Waals surface area contributed by atoms with E-state index in [9.17, 15) is 0 Å². The minimum atomic E-state index is 0.130. The van der Waals surface area contributed by atoms with Gasteiger partial charge < -0.3 is 15.4 Å². The molecule has 1 aliphatic carbocycles. The first-order valence-electron chi connectivity index (χ1n) is 10.2. The van der Waals surface area contributed by atoms with Crippen LogP contribution in [0.2, 0.25) is 0 Å². The van der Waals surface area contributed by atoms with E-state index in [1.54, 1.807) is 18.1 Å². The Kier molecular flexibility index (Phi) is 6.90. The van der Waals surface area contributed by atoms with Crippen LogP contribution in [0.5, 0.6) is 5.75 Å². The summed E-state index contributed by atoms with van der Waals surface area (Å²) in [7, 11) is 3.60. The Bertz CT molecular complexity index is 761. The molecule has 2 N–H and O–H groups in total. The zero-order valence-electron chi connectivity index (χ0n) is 17.2. The van der Waals surface area contributed by atoms with E-state index < -0.39 is 0 Å². The third-order valence-electron chi connectivity index (χ3n) is 5.64. The maximum atomic E-state index is 5.34. The van der Waals surface area contributed by atoms with Gasteiger partial charge >= 0.3 is 0 Å². The molecule has 28 heavy (non-hydrogen) atoms. The van der Waals surface area contributed by atoms with E-state index in [4.69, 9.17) is 9.73 Å². The molecule has 7 nitrogen and oxygen atoms in total. The van der Waals surface area contributed by atoms with Gasteiger partial charge in [-0.25, -0.2) is 9.98 Å². The Morgan fingerprint density at radius 1 is 1.18 bits per heavy atom. The Balaban J connectivity index is 1.74. The summed E-state index contributed by atoms with van der Waals surface area (Å²) >= 11 is 0. The number of guanidine groups is 1. The molecule has 1 aromatic carbocycles. The van der Waals surface area contributed by atoms with E-state index in [2.05, 4.69) is 51.9 Å². The monoisotopic (exact) mass is 384 g/mol. The lowest BCUT2D eigenvalue weighted by Gasteiger charge is -2.38. The Labute approximate surface area is 167 Å². The van der Waals surface area contributed by atoms with Crippen LogP contribution < -0.4 is 15.4 Å². The van der Waals surface area contributed by atoms with Gasteiger partial charge in [0.25, 0.3) is 0 Å². The minimum absolute atomic E-state index is 0.130. The van der Waals surface area contributed by atoms with Gasteiger partial charge in [-0.05, 0) is 37.5 Å². The maximum Gasteiger partial charge on any atom is 0.191 e. The molecule has 152 valence electrons. The van der Waals surface area contributed by atoms with Gasteiger partial charge in [0.15, 0.2) is 5.96 Å². The van der Waals surface area contributed by atoms with Crippen LogP contribution in [0.3, 0.4) is 0 Å². The van der Waals surface area contributed by atoms with Crippen LogP contribution in [0.1, 0.15) is 50.4 Å². The normalized spacial score (nSPS) is 16.6. The lowest BCUT2D eigenvalue weighted by atomic mass is 9.69. The standard InChI is InChI=1S/C21H32N6O/c1-4-22-20(23-14-19-25-16-26-27(19)2)24-15-21(12-6-5-7-13-21)17-8-10-18(28-3)11-9-17/h8-11,16H,4-7,12-15H2,1-3H3,(H2,22,23,24). The molecule has 0 unspecified atom stereocenters. The minimum Gasteiger partial charge on any atom is -0.497 e. The SMILES string of the molecule is CCNC(=NCc1ncnn1C)NCC1(c2ccc(OC)cc2)CCCCC1. The predicted molar refractivity (Wildman–Crippen MR) is 112 cm³/mol. The first-order chi connectivity index (χ1) is 13.7. The summed E-state index contributed by atoms with van der Waals surface area (Å²) in [5, 5.41) is 11.1. The lowest BCUT2D eigenvalue weighted by molar-refractivity contribution is 0.291. The van der Waals surface area contributed by atoms with Gasteiger partial charge in [-0.15, -0.1) is 0 Å². The highest BCUT2D eigenvalue weighted by Gasteiger charge is 2.34. The number of benzene rings is 1. The summed E-state index contributed by atoms with van der Waals surface area (Å²) in [6.45, 7) is 4.27. The summed E-state index contributed by atoms with van der Waals surface area (Å²) in [6, 6.07) is 8.57. The van der Waals surface area contributed by atoms with Crippen LogP contribution in [-0.2, 0) is 19.0 Å². The van der Waals surface area contributed by atoms with E-state index in [0.29, 0.717) is 6.54 Å². The highest BCUT2D eigenvalue weighted by Crippen LogP contribution is 2.39. The highest BCUT2D eigenvalue weighted by atomic mass is 16.5. The molecule has 3 rings (SSSR count). The molecule has 1 saturated carbocycles. The third-order valence-corrected chi connectivity index (χ3v) is 5.64. The number of nitrogens with one attached hydrogen (secondary N) is 2. The summed E-state index contributed by atoms with van der Waals surface area (Å²) in [6.07, 6.45) is 7.79. The lowest BCUT2D eigenvalue weighted by Crippen LogP contribution is -2.46. The second-order valence-electron chi connectivity index (χ2n) is 7.42. The van der Waals surface area contributed by atoms with Crippen molar-refractivity contribution in [2.45, 2.75) is 51.0 Å². The van der Waals surface area contributed by atoms with Crippen molar-refractivity contribution in [3.05, 3.63) is 42.0 Å². The van der Waals surface area contributed by atoms with E-state index in [1.165, 1.54) is 37.7 Å². The van der Waals surface area contributed by atoms with Gasteiger partial charge in [0.2, 0.25) is 0 Å². The van der Waals surface area contributed by atoms with E-state index in [0.717, 1.165) is 30.6 Å². The van der Waals surface area contributed by atoms with Crippen molar-refractivity contribution in [3.63, 3.8) is 0 Å². The van der Waals surface area contributed by atoms with Crippen molar-refractivity contribution >= 4 is 5.96 Å². The van der Waals surface area contributed by atoms with E-state index >= 15 is 0 Å². The maximum absolute atomic E-state index is 5.34. The number of aromatic nitrogens is 3. The topological polar surface area (TPSA) is 76.4 Å². The molecule has 0 atom stereocenters. The summed E-state index contributed by atoms with van der Waals surface area (Å²) < 4.78 is 7.10. The fraction of sp³-hybridized carbons (Fsp3) is 0.571. The smallest absolute Gasteiger partial charge is 0.191 e. The van der Waals surface area contributed by atoms with Gasteiger partial charge in [-0.2, -0.15) is 5.10 Å². The van der Waals surface area contributed by atoms with Crippen molar-refractivity contribution in [1.82, 2.24) is 25.4 Å². The molecular formula is C21H32N6O. The molecule has 2 aromatic rings. The van der Waals surface area contributed by atoms with Crippen molar-refractivity contribution < 1.29 is 4.74 Å². The highest BCUT2D eigenvalue weighted by molar-refractivity contribution is 5.79. The molecule has 7 heteroatoms. The molecule has 0 aliphatic heterocycles. The first kappa shape index (κ1) is 20.2. The van der Waals surface area contributed by atoms with E-state index in [-0.39, 0.29) is 5.41 Å². The van der Waals surface area contributed by atoms with Crippen LogP contribution in [0, 0.1) is 0 Å². The van der Waals surface area contributed by atoms with E-state index in [1.807, 2.05) is 7.05 Å². The average molecular weight is 385 g/mol. The van der Waals surface area contributed by atoms with Crippen LogP contribution >= 0.6 is 0 Å².